The number of aromatic nitrogens is 3. The number of fused-ring (bicyclic) bond motifs is 1. The Bertz CT molecular complexity index is 1380. The van der Waals surface area contributed by atoms with Crippen LogP contribution in [0.25, 0.3) is 4.96 Å². The third-order valence-corrected chi connectivity index (χ3v) is 5.80. The Morgan fingerprint density at radius 3 is 2.73 bits per heavy atom. The Labute approximate surface area is 191 Å². The van der Waals surface area contributed by atoms with E-state index in [4.69, 9.17) is 4.74 Å². The van der Waals surface area contributed by atoms with Crippen LogP contribution in [0.15, 0.2) is 59.4 Å². The van der Waals surface area contributed by atoms with Gasteiger partial charge in [-0.05, 0) is 24.1 Å². The Balaban J connectivity index is 1.47. The number of nitrogens with zero attached hydrogens (tertiary/aromatic N) is 4. The molecule has 0 radical (unpaired) electrons. The molecule has 168 valence electrons. The fraction of sp³-hybridized carbons (Fsp3) is 0.182. The third kappa shape index (κ3) is 5.04. The first-order valence-corrected chi connectivity index (χ1v) is 10.9. The van der Waals surface area contributed by atoms with Crippen LogP contribution in [0.3, 0.4) is 0 Å². The van der Waals surface area contributed by atoms with Gasteiger partial charge in [0.15, 0.2) is 0 Å². The maximum Gasteiger partial charge on any atom is 0.338 e. The fourth-order valence-electron chi connectivity index (χ4n) is 3.09. The number of ether oxygens (including phenoxy) is 1. The van der Waals surface area contributed by atoms with Gasteiger partial charge in [-0.1, -0.05) is 48.6 Å². The topological polar surface area (TPSA) is 129 Å². The normalized spacial score (nSPS) is 10.8. The molecule has 0 atom stereocenters. The van der Waals surface area contributed by atoms with Crippen LogP contribution in [0.5, 0.6) is 0 Å². The average molecular weight is 465 g/mol. The van der Waals surface area contributed by atoms with Crippen molar-refractivity contribution in [3.05, 3.63) is 96.9 Å². The third-order valence-electron chi connectivity index (χ3n) is 4.75. The number of nitro benzene ring substituents is 1. The van der Waals surface area contributed by atoms with Gasteiger partial charge in [0.25, 0.3) is 11.2 Å². The number of hydrogen-bond acceptors (Lipinski definition) is 9. The lowest BCUT2D eigenvalue weighted by Gasteiger charge is -2.09. The molecule has 0 spiro atoms. The summed E-state index contributed by atoms with van der Waals surface area (Å²) in [6, 6.07) is 14.8. The second-order valence-electron chi connectivity index (χ2n) is 7.03. The van der Waals surface area contributed by atoms with Gasteiger partial charge in [0, 0.05) is 18.7 Å². The Kier molecular flexibility index (Phi) is 6.41. The van der Waals surface area contributed by atoms with Crippen LogP contribution < -0.4 is 10.9 Å². The summed E-state index contributed by atoms with van der Waals surface area (Å²) >= 11 is 1.28. The summed E-state index contributed by atoms with van der Waals surface area (Å²) in [7, 11) is 0. The van der Waals surface area contributed by atoms with Crippen LogP contribution in [0.2, 0.25) is 0 Å². The highest BCUT2D eigenvalue weighted by Crippen LogP contribution is 2.26. The summed E-state index contributed by atoms with van der Waals surface area (Å²) in [5.74, 6) is -0.756. The molecule has 33 heavy (non-hydrogen) atoms. The number of carbonyl (C=O) groups excluding carboxylic acids is 1. The second-order valence-corrected chi connectivity index (χ2v) is 8.07. The average Bonchev–Trinajstić information content (AvgIpc) is 3.26. The summed E-state index contributed by atoms with van der Waals surface area (Å²) in [4.78, 5) is 40.4. The maximum atomic E-state index is 12.5. The number of esters is 1. The van der Waals surface area contributed by atoms with E-state index in [1.807, 2.05) is 37.3 Å². The Morgan fingerprint density at radius 2 is 2.00 bits per heavy atom. The highest BCUT2D eigenvalue weighted by Gasteiger charge is 2.19. The predicted molar refractivity (Wildman–Crippen MR) is 122 cm³/mol. The molecule has 4 rings (SSSR count). The predicted octanol–water partition coefficient (Wildman–Crippen LogP) is 3.59. The summed E-state index contributed by atoms with van der Waals surface area (Å²) in [5, 5.41) is 19.5. The van der Waals surface area contributed by atoms with Crippen LogP contribution >= 0.6 is 11.3 Å². The summed E-state index contributed by atoms with van der Waals surface area (Å²) < 4.78 is 6.45. The zero-order valence-electron chi connectivity index (χ0n) is 17.6. The maximum absolute atomic E-state index is 12.5. The molecule has 1 N–H and O–H groups in total. The first-order chi connectivity index (χ1) is 15.9. The lowest BCUT2D eigenvalue weighted by Crippen LogP contribution is -2.16. The highest BCUT2D eigenvalue weighted by atomic mass is 32.1. The van der Waals surface area contributed by atoms with Crippen molar-refractivity contribution >= 4 is 33.6 Å². The number of carbonyl (C=O) groups is 1. The Morgan fingerprint density at radius 1 is 1.21 bits per heavy atom. The van der Waals surface area contributed by atoms with Crippen LogP contribution in [0.1, 0.15) is 33.5 Å². The largest absolute Gasteiger partial charge is 0.456 e. The van der Waals surface area contributed by atoms with E-state index in [0.29, 0.717) is 17.9 Å². The lowest BCUT2D eigenvalue weighted by molar-refractivity contribution is -0.384. The molecule has 0 saturated carbocycles. The minimum absolute atomic E-state index is 0.0239. The van der Waals surface area contributed by atoms with E-state index in [0.717, 1.165) is 16.6 Å². The molecule has 4 aromatic rings. The van der Waals surface area contributed by atoms with Crippen molar-refractivity contribution in [3.63, 3.8) is 0 Å². The monoisotopic (exact) mass is 465 g/mol. The molecule has 0 amide bonds. The SMILES string of the molecule is CCc1nn2c(=O)cc(COC(=O)c3ccc(NCc4ccccc4)c([N+](=O)[O-])c3)nc2s1. The zero-order chi connectivity index (χ0) is 23.4. The molecule has 10 nitrogen and oxygen atoms in total. The number of nitrogens with one attached hydrogen (secondary N) is 1. The molecule has 11 heteroatoms. The number of benzene rings is 2. The van der Waals surface area contributed by atoms with Crippen LogP contribution in [-0.4, -0.2) is 25.5 Å². The van der Waals surface area contributed by atoms with E-state index in [1.165, 1.54) is 34.1 Å². The van der Waals surface area contributed by atoms with Crippen molar-refractivity contribution in [2.24, 2.45) is 0 Å². The standard InChI is InChI=1S/C22H19N5O5S/c1-2-19-25-26-20(28)11-16(24-22(26)33-19)13-32-21(29)15-8-9-17(18(10-15)27(30)31)23-12-14-6-4-3-5-7-14/h3-11,23H,2,12-13H2,1H3. The number of rotatable bonds is 8. The van der Waals surface area contributed by atoms with Crippen molar-refractivity contribution in [3.8, 4) is 0 Å². The van der Waals surface area contributed by atoms with Gasteiger partial charge in [-0.15, -0.1) is 0 Å². The van der Waals surface area contributed by atoms with Crippen molar-refractivity contribution in [2.45, 2.75) is 26.5 Å². The Hall–Kier alpha value is -4.12. The molecule has 0 unspecified atom stereocenters. The minimum atomic E-state index is -0.756. The van der Waals surface area contributed by atoms with Gasteiger partial charge in [0.2, 0.25) is 4.96 Å². The minimum Gasteiger partial charge on any atom is -0.456 e. The van der Waals surface area contributed by atoms with E-state index < -0.39 is 10.9 Å². The molecule has 0 fully saturated rings. The molecule has 0 aliphatic carbocycles. The van der Waals surface area contributed by atoms with Crippen molar-refractivity contribution in [1.29, 1.82) is 0 Å². The molecular formula is C22H19N5O5S. The van der Waals surface area contributed by atoms with E-state index in [-0.39, 0.29) is 34.8 Å². The highest BCUT2D eigenvalue weighted by molar-refractivity contribution is 7.16. The van der Waals surface area contributed by atoms with Crippen LogP contribution in [0.4, 0.5) is 11.4 Å². The molecule has 0 saturated heterocycles. The van der Waals surface area contributed by atoms with Gasteiger partial charge in [-0.3, -0.25) is 14.9 Å². The fourth-order valence-corrected chi connectivity index (χ4v) is 3.95. The molecular weight excluding hydrogens is 446 g/mol. The molecule has 2 heterocycles. The summed E-state index contributed by atoms with van der Waals surface area (Å²) in [5.41, 5.74) is 0.938. The van der Waals surface area contributed by atoms with Gasteiger partial charge in [0.05, 0.1) is 16.2 Å². The summed E-state index contributed by atoms with van der Waals surface area (Å²) in [6.45, 7) is 2.07. The van der Waals surface area contributed by atoms with Gasteiger partial charge >= 0.3 is 5.97 Å². The van der Waals surface area contributed by atoms with Crippen molar-refractivity contribution in [2.75, 3.05) is 5.32 Å². The molecule has 2 aromatic heterocycles. The van der Waals surface area contributed by atoms with E-state index in [1.54, 1.807) is 0 Å². The first-order valence-electron chi connectivity index (χ1n) is 10.1. The van der Waals surface area contributed by atoms with Crippen LogP contribution in [-0.2, 0) is 24.3 Å². The van der Waals surface area contributed by atoms with E-state index in [2.05, 4.69) is 15.4 Å². The van der Waals surface area contributed by atoms with Gasteiger partial charge in [-0.25, -0.2) is 9.78 Å². The smallest absolute Gasteiger partial charge is 0.338 e. The van der Waals surface area contributed by atoms with Gasteiger partial charge in [0.1, 0.15) is 17.3 Å². The zero-order valence-corrected chi connectivity index (χ0v) is 18.4. The number of nitro groups is 1. The first kappa shape index (κ1) is 22.1. The van der Waals surface area contributed by atoms with Gasteiger partial charge < -0.3 is 10.1 Å². The molecule has 2 aromatic carbocycles. The van der Waals surface area contributed by atoms with Gasteiger partial charge in [-0.2, -0.15) is 9.61 Å². The van der Waals surface area contributed by atoms with Crippen LogP contribution in [0, 0.1) is 10.1 Å². The second kappa shape index (κ2) is 9.57. The number of hydrogen-bond donors (Lipinski definition) is 1. The van der Waals surface area contributed by atoms with E-state index in [9.17, 15) is 19.7 Å². The molecule has 0 bridgehead atoms. The van der Waals surface area contributed by atoms with Crippen molar-refractivity contribution < 1.29 is 14.5 Å². The lowest BCUT2D eigenvalue weighted by atomic mass is 10.1. The number of anilines is 1. The number of aryl methyl sites for hydroxylation is 1. The quantitative estimate of drug-likeness (QED) is 0.237. The van der Waals surface area contributed by atoms with E-state index >= 15 is 0 Å². The van der Waals surface area contributed by atoms with Crippen molar-refractivity contribution in [1.82, 2.24) is 14.6 Å². The molecule has 0 aliphatic rings. The summed E-state index contributed by atoms with van der Waals surface area (Å²) in [6.07, 6.45) is 0.673. The molecule has 0 aliphatic heterocycles.